The number of nitrogens with zero attached hydrogens (tertiary/aromatic N) is 1. The maximum atomic E-state index is 5.96. The second kappa shape index (κ2) is 8.95. The standard InChI is InChI=1S/C16H28N2O2/c1-5-19-10-9-18(4)12-15-11-14(13(3)17)7-8-16(15)20-6-2/h7-8,11,13H,5-6,9-10,12,17H2,1-4H3. The van der Waals surface area contributed by atoms with Crippen LogP contribution in [0.15, 0.2) is 18.2 Å². The number of rotatable bonds is 9. The molecule has 0 fully saturated rings. The maximum Gasteiger partial charge on any atom is 0.123 e. The average Bonchev–Trinajstić information content (AvgIpc) is 2.41. The van der Waals surface area contributed by atoms with Gasteiger partial charge in [0.15, 0.2) is 0 Å². The van der Waals surface area contributed by atoms with Gasteiger partial charge in [0.1, 0.15) is 5.75 Å². The van der Waals surface area contributed by atoms with E-state index >= 15 is 0 Å². The summed E-state index contributed by atoms with van der Waals surface area (Å²) in [5.41, 5.74) is 8.28. The van der Waals surface area contributed by atoms with E-state index in [4.69, 9.17) is 15.2 Å². The smallest absolute Gasteiger partial charge is 0.123 e. The molecule has 20 heavy (non-hydrogen) atoms. The summed E-state index contributed by atoms with van der Waals surface area (Å²) < 4.78 is 11.1. The fourth-order valence-electron chi connectivity index (χ4n) is 2.04. The van der Waals surface area contributed by atoms with E-state index in [1.807, 2.05) is 32.9 Å². The highest BCUT2D eigenvalue weighted by atomic mass is 16.5. The Bertz CT molecular complexity index is 394. The number of likely N-dealkylation sites (N-methyl/N-ethyl adjacent to an activating group) is 1. The molecule has 4 nitrogen and oxygen atoms in total. The molecule has 0 heterocycles. The van der Waals surface area contributed by atoms with Crippen LogP contribution in [0.2, 0.25) is 0 Å². The third-order valence-electron chi connectivity index (χ3n) is 3.17. The summed E-state index contributed by atoms with van der Waals surface area (Å²) in [4.78, 5) is 2.23. The summed E-state index contributed by atoms with van der Waals surface area (Å²) in [6.07, 6.45) is 0. The third-order valence-corrected chi connectivity index (χ3v) is 3.17. The van der Waals surface area contributed by atoms with Crippen LogP contribution in [0.4, 0.5) is 0 Å². The molecule has 0 aromatic heterocycles. The van der Waals surface area contributed by atoms with Gasteiger partial charge < -0.3 is 15.2 Å². The Kier molecular flexibility index (Phi) is 7.59. The summed E-state index contributed by atoms with van der Waals surface area (Å²) >= 11 is 0. The third kappa shape index (κ3) is 5.49. The Labute approximate surface area is 122 Å². The van der Waals surface area contributed by atoms with Crippen molar-refractivity contribution in [1.29, 1.82) is 0 Å². The topological polar surface area (TPSA) is 47.7 Å². The van der Waals surface area contributed by atoms with Gasteiger partial charge in [-0.25, -0.2) is 0 Å². The number of benzene rings is 1. The van der Waals surface area contributed by atoms with Crippen LogP contribution < -0.4 is 10.5 Å². The molecule has 0 aliphatic carbocycles. The lowest BCUT2D eigenvalue weighted by Crippen LogP contribution is -2.23. The zero-order chi connectivity index (χ0) is 15.0. The Hall–Kier alpha value is -1.10. The molecule has 0 bridgehead atoms. The van der Waals surface area contributed by atoms with Gasteiger partial charge in [-0.05, 0) is 45.5 Å². The van der Waals surface area contributed by atoms with Crippen LogP contribution >= 0.6 is 0 Å². The Morgan fingerprint density at radius 2 is 2.00 bits per heavy atom. The van der Waals surface area contributed by atoms with Crippen molar-refractivity contribution in [3.8, 4) is 5.75 Å². The van der Waals surface area contributed by atoms with Crippen LogP contribution in [0, 0.1) is 0 Å². The number of hydrogen-bond acceptors (Lipinski definition) is 4. The van der Waals surface area contributed by atoms with E-state index in [0.717, 1.165) is 37.6 Å². The van der Waals surface area contributed by atoms with Crippen LogP contribution in [-0.2, 0) is 11.3 Å². The quantitative estimate of drug-likeness (QED) is 0.706. The zero-order valence-electron chi connectivity index (χ0n) is 13.2. The van der Waals surface area contributed by atoms with Gasteiger partial charge in [-0.1, -0.05) is 6.07 Å². The van der Waals surface area contributed by atoms with Crippen molar-refractivity contribution in [3.05, 3.63) is 29.3 Å². The van der Waals surface area contributed by atoms with Gasteiger partial charge in [-0.2, -0.15) is 0 Å². The predicted molar refractivity (Wildman–Crippen MR) is 83.0 cm³/mol. The van der Waals surface area contributed by atoms with Crippen molar-refractivity contribution in [1.82, 2.24) is 4.90 Å². The second-order valence-corrected chi connectivity index (χ2v) is 5.02. The molecule has 1 aromatic carbocycles. The van der Waals surface area contributed by atoms with Crippen molar-refractivity contribution in [2.24, 2.45) is 5.73 Å². The monoisotopic (exact) mass is 280 g/mol. The lowest BCUT2D eigenvalue weighted by Gasteiger charge is -2.20. The highest BCUT2D eigenvalue weighted by molar-refractivity contribution is 5.38. The Morgan fingerprint density at radius 1 is 1.25 bits per heavy atom. The van der Waals surface area contributed by atoms with Gasteiger partial charge in [0, 0.05) is 31.3 Å². The fourth-order valence-corrected chi connectivity index (χ4v) is 2.04. The number of hydrogen-bond donors (Lipinski definition) is 1. The molecule has 2 N–H and O–H groups in total. The van der Waals surface area contributed by atoms with Gasteiger partial charge >= 0.3 is 0 Å². The molecular formula is C16H28N2O2. The summed E-state index contributed by atoms with van der Waals surface area (Å²) in [7, 11) is 2.09. The van der Waals surface area contributed by atoms with E-state index in [0.29, 0.717) is 6.61 Å². The van der Waals surface area contributed by atoms with Crippen LogP contribution in [0.1, 0.15) is 37.9 Å². The molecule has 1 atom stereocenters. The number of ether oxygens (including phenoxy) is 2. The molecule has 4 heteroatoms. The van der Waals surface area contributed by atoms with Gasteiger partial charge in [-0.3, -0.25) is 4.90 Å². The molecule has 114 valence electrons. The van der Waals surface area contributed by atoms with Crippen molar-refractivity contribution < 1.29 is 9.47 Å². The zero-order valence-corrected chi connectivity index (χ0v) is 13.2. The summed E-state index contributed by atoms with van der Waals surface area (Å²) in [5.74, 6) is 0.945. The molecule has 1 aromatic rings. The average molecular weight is 280 g/mol. The minimum absolute atomic E-state index is 0.0400. The van der Waals surface area contributed by atoms with E-state index in [9.17, 15) is 0 Å². The summed E-state index contributed by atoms with van der Waals surface area (Å²) in [6.45, 7) is 9.94. The van der Waals surface area contributed by atoms with Gasteiger partial charge in [0.25, 0.3) is 0 Å². The molecule has 0 aliphatic heterocycles. The molecule has 0 amide bonds. The SMILES string of the molecule is CCOCCN(C)Cc1cc(C(C)N)ccc1OCC. The lowest BCUT2D eigenvalue weighted by molar-refractivity contribution is 0.120. The van der Waals surface area contributed by atoms with Gasteiger partial charge in [-0.15, -0.1) is 0 Å². The van der Waals surface area contributed by atoms with Crippen LogP contribution in [-0.4, -0.2) is 38.3 Å². The molecule has 0 aliphatic rings. The largest absolute Gasteiger partial charge is 0.494 e. The first-order valence-corrected chi connectivity index (χ1v) is 7.35. The van der Waals surface area contributed by atoms with Gasteiger partial charge in [0.05, 0.1) is 13.2 Å². The second-order valence-electron chi connectivity index (χ2n) is 5.02. The molecule has 0 saturated carbocycles. The predicted octanol–water partition coefficient (Wildman–Crippen LogP) is 2.57. The van der Waals surface area contributed by atoms with Crippen molar-refractivity contribution in [3.63, 3.8) is 0 Å². The lowest BCUT2D eigenvalue weighted by atomic mass is 10.0. The maximum absolute atomic E-state index is 5.96. The highest BCUT2D eigenvalue weighted by Crippen LogP contribution is 2.24. The van der Waals surface area contributed by atoms with E-state index in [-0.39, 0.29) is 6.04 Å². The van der Waals surface area contributed by atoms with Crippen molar-refractivity contribution in [2.45, 2.75) is 33.4 Å². The summed E-state index contributed by atoms with van der Waals surface area (Å²) in [6, 6.07) is 6.25. The first-order chi connectivity index (χ1) is 9.58. The number of nitrogens with two attached hydrogens (primary N) is 1. The molecule has 0 spiro atoms. The molecule has 1 unspecified atom stereocenters. The first-order valence-electron chi connectivity index (χ1n) is 7.35. The minimum atomic E-state index is 0.0400. The molecule has 1 rings (SSSR count). The van der Waals surface area contributed by atoms with E-state index in [2.05, 4.69) is 18.0 Å². The van der Waals surface area contributed by atoms with Crippen molar-refractivity contribution in [2.75, 3.05) is 33.4 Å². The van der Waals surface area contributed by atoms with E-state index < -0.39 is 0 Å². The first kappa shape index (κ1) is 17.0. The Balaban J connectivity index is 2.75. The van der Waals surface area contributed by atoms with E-state index in [1.54, 1.807) is 0 Å². The Morgan fingerprint density at radius 3 is 2.60 bits per heavy atom. The highest BCUT2D eigenvalue weighted by Gasteiger charge is 2.10. The van der Waals surface area contributed by atoms with Crippen LogP contribution in [0.25, 0.3) is 0 Å². The van der Waals surface area contributed by atoms with Crippen molar-refractivity contribution >= 4 is 0 Å². The van der Waals surface area contributed by atoms with Crippen LogP contribution in [0.5, 0.6) is 5.75 Å². The fraction of sp³-hybridized carbons (Fsp3) is 0.625. The van der Waals surface area contributed by atoms with Gasteiger partial charge in [0.2, 0.25) is 0 Å². The minimum Gasteiger partial charge on any atom is -0.494 e. The van der Waals surface area contributed by atoms with Crippen LogP contribution in [0.3, 0.4) is 0 Å². The molecular weight excluding hydrogens is 252 g/mol. The summed E-state index contributed by atoms with van der Waals surface area (Å²) in [5, 5.41) is 0. The molecule has 0 saturated heterocycles. The molecule has 0 radical (unpaired) electrons. The normalized spacial score (nSPS) is 12.7. The van der Waals surface area contributed by atoms with E-state index in [1.165, 1.54) is 5.56 Å².